The van der Waals surface area contributed by atoms with E-state index in [0.29, 0.717) is 31.3 Å². The molecule has 0 aliphatic carbocycles. The second kappa shape index (κ2) is 11.3. The van der Waals surface area contributed by atoms with Gasteiger partial charge in [0.2, 0.25) is 0 Å². The molecule has 7 heteroatoms. The smallest absolute Gasteiger partial charge is 0.338 e. The Kier molecular flexibility index (Phi) is 9.02. The lowest BCUT2D eigenvalue weighted by molar-refractivity contribution is 0.131. The molecule has 1 unspecified atom stereocenters. The average molecular weight is 410 g/mol. The number of halogens is 1. The molecule has 0 amide bonds. The van der Waals surface area contributed by atoms with Crippen LogP contribution in [0.3, 0.4) is 0 Å². The predicted octanol–water partition coefficient (Wildman–Crippen LogP) is 6.24. The van der Waals surface area contributed by atoms with Gasteiger partial charge >= 0.3 is 7.60 Å². The highest BCUT2D eigenvalue weighted by Crippen LogP contribution is 2.62. The zero-order valence-electron chi connectivity index (χ0n) is 15.6. The number of benzene rings is 2. The Bertz CT molecular complexity index is 742. The molecule has 2 rings (SSSR count). The van der Waals surface area contributed by atoms with Crippen LogP contribution < -0.4 is 0 Å². The van der Waals surface area contributed by atoms with Crippen molar-refractivity contribution in [1.82, 2.24) is 0 Å². The molecule has 0 fully saturated rings. The summed E-state index contributed by atoms with van der Waals surface area (Å²) in [6, 6.07) is 16.9. The Labute approximate surface area is 165 Å². The molecule has 0 aliphatic heterocycles. The van der Waals surface area contributed by atoms with Crippen LogP contribution in [0.1, 0.15) is 37.1 Å². The molecular formula is C20H25ClNO4P. The van der Waals surface area contributed by atoms with Crippen LogP contribution in [0.5, 0.6) is 0 Å². The van der Waals surface area contributed by atoms with Gasteiger partial charge in [0.05, 0.1) is 18.9 Å². The van der Waals surface area contributed by atoms with Crippen LogP contribution in [-0.4, -0.2) is 19.4 Å². The number of rotatable bonds is 11. The lowest BCUT2D eigenvalue weighted by atomic mass is 10.1. The molecule has 0 radical (unpaired) electrons. The van der Waals surface area contributed by atoms with Crippen molar-refractivity contribution in [3.05, 3.63) is 70.7 Å². The minimum absolute atomic E-state index is 0.295. The molecule has 1 atom stereocenters. The molecule has 0 saturated heterocycles. The molecule has 27 heavy (non-hydrogen) atoms. The van der Waals surface area contributed by atoms with Crippen LogP contribution in [0, 0.1) is 0 Å². The number of hydrogen-bond donors (Lipinski definition) is 0. The fraction of sp³-hybridized carbons (Fsp3) is 0.350. The van der Waals surface area contributed by atoms with E-state index in [-0.39, 0.29) is 0 Å². The van der Waals surface area contributed by atoms with E-state index in [2.05, 4.69) is 5.16 Å². The number of oxime groups is 1. The Morgan fingerprint density at radius 1 is 1.04 bits per heavy atom. The first kappa shape index (κ1) is 21.6. The van der Waals surface area contributed by atoms with Gasteiger partial charge in [-0.1, -0.05) is 59.2 Å². The normalized spacial score (nSPS) is 13.0. The lowest BCUT2D eigenvalue weighted by Gasteiger charge is -2.25. The number of hydrogen-bond acceptors (Lipinski definition) is 5. The van der Waals surface area contributed by atoms with Gasteiger partial charge in [-0.2, -0.15) is 0 Å². The van der Waals surface area contributed by atoms with E-state index in [0.717, 1.165) is 11.1 Å². The molecule has 0 heterocycles. The van der Waals surface area contributed by atoms with Gasteiger partial charge in [0.25, 0.3) is 0 Å². The molecular weight excluding hydrogens is 385 g/mol. The summed E-state index contributed by atoms with van der Waals surface area (Å²) in [5, 5.41) is 4.61. The Hall–Kier alpha value is -1.65. The van der Waals surface area contributed by atoms with Gasteiger partial charge in [-0.15, -0.1) is 0 Å². The third kappa shape index (κ3) is 6.78. The quantitative estimate of drug-likeness (QED) is 0.250. The first-order valence-corrected chi connectivity index (χ1v) is 10.9. The highest BCUT2D eigenvalue weighted by Gasteiger charge is 2.36. The molecule has 146 valence electrons. The second-order valence-corrected chi connectivity index (χ2v) is 8.38. The molecule has 0 saturated carbocycles. The maximum absolute atomic E-state index is 13.3. The van der Waals surface area contributed by atoms with E-state index < -0.39 is 13.3 Å². The maximum atomic E-state index is 13.3. The molecule has 0 bridgehead atoms. The van der Waals surface area contributed by atoms with Crippen LogP contribution in [0.2, 0.25) is 5.02 Å². The van der Waals surface area contributed by atoms with Gasteiger partial charge in [-0.25, -0.2) is 0 Å². The van der Waals surface area contributed by atoms with Crippen molar-refractivity contribution >= 4 is 25.4 Å². The highest BCUT2D eigenvalue weighted by atomic mass is 35.5. The third-order valence-corrected chi connectivity index (χ3v) is 6.57. The first-order chi connectivity index (χ1) is 13.1. The SMILES string of the molecule is CCOP(=O)(OCC)C(CC=NOCc1ccccc1)c1ccc(Cl)cc1. The third-order valence-electron chi connectivity index (χ3n) is 3.81. The van der Waals surface area contributed by atoms with Crippen LogP contribution in [-0.2, 0) is 25.1 Å². The first-order valence-electron chi connectivity index (χ1n) is 8.91. The van der Waals surface area contributed by atoms with Gasteiger partial charge in [-0.05, 0) is 37.1 Å². The van der Waals surface area contributed by atoms with Crippen molar-refractivity contribution < 1.29 is 18.5 Å². The van der Waals surface area contributed by atoms with Crippen molar-refractivity contribution in [3.63, 3.8) is 0 Å². The van der Waals surface area contributed by atoms with Crippen molar-refractivity contribution in [3.8, 4) is 0 Å². The molecule has 0 aromatic heterocycles. The number of nitrogens with zero attached hydrogens (tertiary/aromatic N) is 1. The van der Waals surface area contributed by atoms with Crippen molar-refractivity contribution in [1.29, 1.82) is 0 Å². The zero-order chi connectivity index (χ0) is 19.5. The summed E-state index contributed by atoms with van der Waals surface area (Å²) in [6.07, 6.45) is 1.96. The molecule has 0 N–H and O–H groups in total. The summed E-state index contributed by atoms with van der Waals surface area (Å²) < 4.78 is 24.4. The highest BCUT2D eigenvalue weighted by molar-refractivity contribution is 7.54. The van der Waals surface area contributed by atoms with E-state index in [1.807, 2.05) is 42.5 Å². The maximum Gasteiger partial charge on any atom is 0.338 e. The second-order valence-electron chi connectivity index (χ2n) is 5.73. The monoisotopic (exact) mass is 409 g/mol. The average Bonchev–Trinajstić information content (AvgIpc) is 2.67. The summed E-state index contributed by atoms with van der Waals surface area (Å²) in [7, 11) is -3.36. The predicted molar refractivity (Wildman–Crippen MR) is 109 cm³/mol. The van der Waals surface area contributed by atoms with Crippen LogP contribution >= 0.6 is 19.2 Å². The molecule has 5 nitrogen and oxygen atoms in total. The van der Waals surface area contributed by atoms with E-state index in [9.17, 15) is 4.57 Å². The van der Waals surface area contributed by atoms with Crippen LogP contribution in [0.15, 0.2) is 59.8 Å². The Morgan fingerprint density at radius 2 is 1.67 bits per heavy atom. The fourth-order valence-electron chi connectivity index (χ4n) is 2.59. The minimum Gasteiger partial charge on any atom is -0.391 e. The van der Waals surface area contributed by atoms with Gasteiger partial charge in [-0.3, -0.25) is 4.57 Å². The van der Waals surface area contributed by atoms with Crippen molar-refractivity contribution in [2.75, 3.05) is 13.2 Å². The largest absolute Gasteiger partial charge is 0.391 e. The summed E-state index contributed by atoms with van der Waals surface area (Å²) in [4.78, 5) is 5.33. The van der Waals surface area contributed by atoms with Gasteiger partial charge < -0.3 is 13.9 Å². The van der Waals surface area contributed by atoms with E-state index >= 15 is 0 Å². The van der Waals surface area contributed by atoms with Gasteiger partial charge in [0.15, 0.2) is 0 Å². The van der Waals surface area contributed by atoms with Crippen LogP contribution in [0.25, 0.3) is 0 Å². The standard InChI is InChI=1S/C20H25ClNO4P/c1-3-25-27(23,26-4-2)20(18-10-12-19(21)13-11-18)14-15-22-24-16-17-8-6-5-7-9-17/h5-13,15,20H,3-4,14,16H2,1-2H3. The molecule has 2 aromatic carbocycles. The van der Waals surface area contributed by atoms with Gasteiger partial charge in [0, 0.05) is 17.7 Å². The van der Waals surface area contributed by atoms with E-state index in [1.54, 1.807) is 32.2 Å². The topological polar surface area (TPSA) is 57.1 Å². The van der Waals surface area contributed by atoms with E-state index in [4.69, 9.17) is 25.5 Å². The summed E-state index contributed by atoms with van der Waals surface area (Å²) >= 11 is 5.98. The lowest BCUT2D eigenvalue weighted by Crippen LogP contribution is -2.08. The van der Waals surface area contributed by atoms with Crippen molar-refractivity contribution in [2.24, 2.45) is 5.16 Å². The molecule has 0 spiro atoms. The van der Waals surface area contributed by atoms with Crippen molar-refractivity contribution in [2.45, 2.75) is 32.5 Å². The zero-order valence-corrected chi connectivity index (χ0v) is 17.2. The Morgan fingerprint density at radius 3 is 2.26 bits per heavy atom. The summed E-state index contributed by atoms with van der Waals surface area (Å²) in [5.74, 6) is 0. The van der Waals surface area contributed by atoms with Crippen LogP contribution in [0.4, 0.5) is 0 Å². The summed E-state index contributed by atoms with van der Waals surface area (Å²) in [6.45, 7) is 4.55. The minimum atomic E-state index is -3.36. The fourth-order valence-corrected chi connectivity index (χ4v) is 4.76. The van der Waals surface area contributed by atoms with E-state index in [1.165, 1.54) is 0 Å². The molecule has 0 aliphatic rings. The molecule has 2 aromatic rings. The van der Waals surface area contributed by atoms with Gasteiger partial charge in [0.1, 0.15) is 6.61 Å². The Balaban J connectivity index is 2.10. The summed E-state index contributed by atoms with van der Waals surface area (Å²) in [5.41, 5.74) is 1.36.